The van der Waals surface area contributed by atoms with Crippen molar-refractivity contribution in [2.45, 2.75) is 13.1 Å². The van der Waals surface area contributed by atoms with Gasteiger partial charge in [0.25, 0.3) is 0 Å². The molecule has 1 aliphatic rings. The lowest BCUT2D eigenvalue weighted by Crippen LogP contribution is -2.47. The highest BCUT2D eigenvalue weighted by Gasteiger charge is 2.20. The maximum Gasteiger partial charge on any atom is 0.236 e. The molecule has 2 rings (SSSR count). The van der Waals surface area contributed by atoms with Gasteiger partial charge in [0.1, 0.15) is 0 Å². The van der Waals surface area contributed by atoms with Crippen LogP contribution in [0.15, 0.2) is 18.3 Å². The first-order valence-corrected chi connectivity index (χ1v) is 5.79. The average Bonchev–Trinajstić information content (AvgIpc) is 2.34. The van der Waals surface area contributed by atoms with Crippen LogP contribution < -0.4 is 5.73 Å². The van der Waals surface area contributed by atoms with Gasteiger partial charge in [0.2, 0.25) is 5.91 Å². The molecule has 0 aliphatic carbocycles. The molecule has 0 spiro atoms. The zero-order valence-electron chi connectivity index (χ0n) is 10.1. The van der Waals surface area contributed by atoms with Crippen LogP contribution in [0.3, 0.4) is 0 Å². The molecule has 92 valence electrons. The Morgan fingerprint density at radius 1 is 1.47 bits per heavy atom. The number of hydrogen-bond donors (Lipinski definition) is 1. The second kappa shape index (κ2) is 5.25. The highest BCUT2D eigenvalue weighted by Crippen LogP contribution is 2.09. The number of nitrogens with two attached hydrogens (primary N) is 1. The number of rotatable bonds is 3. The Morgan fingerprint density at radius 2 is 2.29 bits per heavy atom. The van der Waals surface area contributed by atoms with Crippen LogP contribution in [0.2, 0.25) is 0 Å². The number of carbonyl (C=O) groups is 1. The molecule has 0 radical (unpaired) electrons. The summed E-state index contributed by atoms with van der Waals surface area (Å²) in [5.41, 5.74) is 7.61. The second-order valence-corrected chi connectivity index (χ2v) is 4.39. The first-order valence-electron chi connectivity index (χ1n) is 5.79. The summed E-state index contributed by atoms with van der Waals surface area (Å²) in [6.07, 6.45) is 1.77. The molecular weight excluding hydrogens is 216 g/mol. The molecule has 0 saturated carbocycles. The minimum atomic E-state index is 0.185. The van der Waals surface area contributed by atoms with Crippen molar-refractivity contribution in [1.82, 2.24) is 14.8 Å². The minimum Gasteiger partial charge on any atom is -0.343 e. The van der Waals surface area contributed by atoms with E-state index in [9.17, 15) is 4.79 Å². The van der Waals surface area contributed by atoms with Crippen LogP contribution in [0.5, 0.6) is 0 Å². The summed E-state index contributed by atoms with van der Waals surface area (Å²) in [7, 11) is 1.85. The Hall–Kier alpha value is -1.46. The van der Waals surface area contributed by atoms with E-state index in [1.54, 1.807) is 11.1 Å². The second-order valence-electron chi connectivity index (χ2n) is 4.39. The first-order chi connectivity index (χ1) is 8.19. The van der Waals surface area contributed by atoms with Gasteiger partial charge in [-0.1, -0.05) is 0 Å². The molecule has 1 saturated heterocycles. The van der Waals surface area contributed by atoms with Crippen molar-refractivity contribution in [2.24, 2.45) is 5.73 Å². The SMILES string of the molecule is CN1CCN(Cc2ccnc(CN)c2)CC1=O. The highest BCUT2D eigenvalue weighted by atomic mass is 16.2. The Bertz CT molecular complexity index is 407. The molecule has 0 aromatic carbocycles. The number of amides is 1. The summed E-state index contributed by atoms with van der Waals surface area (Å²) in [6, 6.07) is 3.98. The predicted molar refractivity (Wildman–Crippen MR) is 65.0 cm³/mol. The lowest BCUT2D eigenvalue weighted by molar-refractivity contribution is -0.134. The number of pyridine rings is 1. The van der Waals surface area contributed by atoms with E-state index < -0.39 is 0 Å². The van der Waals surface area contributed by atoms with Crippen molar-refractivity contribution in [3.05, 3.63) is 29.6 Å². The van der Waals surface area contributed by atoms with E-state index in [0.717, 1.165) is 30.9 Å². The lowest BCUT2D eigenvalue weighted by atomic mass is 10.2. The fourth-order valence-electron chi connectivity index (χ4n) is 1.94. The monoisotopic (exact) mass is 234 g/mol. The molecule has 0 unspecified atom stereocenters. The van der Waals surface area contributed by atoms with Gasteiger partial charge in [0, 0.05) is 39.4 Å². The van der Waals surface area contributed by atoms with Gasteiger partial charge in [-0.05, 0) is 17.7 Å². The quantitative estimate of drug-likeness (QED) is 0.787. The number of nitrogens with zero attached hydrogens (tertiary/aromatic N) is 3. The first kappa shape index (κ1) is 12.0. The van der Waals surface area contributed by atoms with Crippen molar-refractivity contribution in [3.63, 3.8) is 0 Å². The van der Waals surface area contributed by atoms with Gasteiger partial charge in [0.15, 0.2) is 0 Å². The predicted octanol–water partition coefficient (Wildman–Crippen LogP) is -0.186. The third-order valence-corrected chi connectivity index (χ3v) is 3.03. The Kier molecular flexibility index (Phi) is 3.71. The Labute approximate surface area is 101 Å². The number of carbonyl (C=O) groups excluding carboxylic acids is 1. The molecule has 2 heterocycles. The van der Waals surface area contributed by atoms with E-state index in [4.69, 9.17) is 5.73 Å². The van der Waals surface area contributed by atoms with E-state index in [2.05, 4.69) is 9.88 Å². The summed E-state index contributed by atoms with van der Waals surface area (Å²) in [5, 5.41) is 0. The van der Waals surface area contributed by atoms with Crippen molar-refractivity contribution in [1.29, 1.82) is 0 Å². The number of piperazine rings is 1. The molecule has 0 bridgehead atoms. The van der Waals surface area contributed by atoms with E-state index in [-0.39, 0.29) is 5.91 Å². The lowest BCUT2D eigenvalue weighted by Gasteiger charge is -2.31. The van der Waals surface area contributed by atoms with Crippen LogP contribution in [-0.4, -0.2) is 47.4 Å². The van der Waals surface area contributed by atoms with Crippen LogP contribution in [0, 0.1) is 0 Å². The third-order valence-electron chi connectivity index (χ3n) is 3.03. The standard InChI is InChI=1S/C12H18N4O/c1-15-4-5-16(9-12(15)17)8-10-2-3-14-11(6-10)7-13/h2-3,6H,4-5,7-9,13H2,1H3. The summed E-state index contributed by atoms with van der Waals surface area (Å²) < 4.78 is 0. The van der Waals surface area contributed by atoms with Crippen LogP contribution in [0.25, 0.3) is 0 Å². The van der Waals surface area contributed by atoms with Gasteiger partial charge in [0.05, 0.1) is 12.2 Å². The number of aromatic nitrogens is 1. The molecule has 5 nitrogen and oxygen atoms in total. The summed E-state index contributed by atoms with van der Waals surface area (Å²) in [4.78, 5) is 19.7. The van der Waals surface area contributed by atoms with Crippen molar-refractivity contribution >= 4 is 5.91 Å². The molecule has 1 fully saturated rings. The minimum absolute atomic E-state index is 0.185. The fraction of sp³-hybridized carbons (Fsp3) is 0.500. The van der Waals surface area contributed by atoms with Crippen LogP contribution in [0.1, 0.15) is 11.3 Å². The largest absolute Gasteiger partial charge is 0.343 e. The van der Waals surface area contributed by atoms with Gasteiger partial charge in [-0.25, -0.2) is 0 Å². The maximum absolute atomic E-state index is 11.6. The van der Waals surface area contributed by atoms with E-state index in [1.807, 2.05) is 19.2 Å². The molecule has 0 atom stereocenters. The molecule has 2 N–H and O–H groups in total. The third kappa shape index (κ3) is 3.01. The van der Waals surface area contributed by atoms with E-state index in [0.29, 0.717) is 13.1 Å². The summed E-state index contributed by atoms with van der Waals surface area (Å²) >= 11 is 0. The average molecular weight is 234 g/mol. The molecule has 1 aromatic rings. The molecule has 17 heavy (non-hydrogen) atoms. The molecule has 1 aromatic heterocycles. The topological polar surface area (TPSA) is 62.5 Å². The van der Waals surface area contributed by atoms with Crippen LogP contribution in [0.4, 0.5) is 0 Å². The van der Waals surface area contributed by atoms with Crippen LogP contribution in [-0.2, 0) is 17.9 Å². The van der Waals surface area contributed by atoms with Gasteiger partial charge >= 0.3 is 0 Å². The Morgan fingerprint density at radius 3 is 3.00 bits per heavy atom. The number of hydrogen-bond acceptors (Lipinski definition) is 4. The van der Waals surface area contributed by atoms with Crippen molar-refractivity contribution in [3.8, 4) is 0 Å². The number of likely N-dealkylation sites (N-methyl/N-ethyl adjacent to an activating group) is 1. The van der Waals surface area contributed by atoms with Crippen LogP contribution >= 0.6 is 0 Å². The molecule has 1 aliphatic heterocycles. The van der Waals surface area contributed by atoms with Gasteiger partial charge in [-0.2, -0.15) is 0 Å². The smallest absolute Gasteiger partial charge is 0.236 e. The van der Waals surface area contributed by atoms with Gasteiger partial charge in [-0.3, -0.25) is 14.7 Å². The van der Waals surface area contributed by atoms with Gasteiger partial charge < -0.3 is 10.6 Å². The summed E-state index contributed by atoms with van der Waals surface area (Å²) in [6.45, 7) is 3.46. The fourth-order valence-corrected chi connectivity index (χ4v) is 1.94. The highest BCUT2D eigenvalue weighted by molar-refractivity contribution is 5.78. The zero-order valence-corrected chi connectivity index (χ0v) is 10.1. The molecular formula is C12H18N4O. The zero-order chi connectivity index (χ0) is 12.3. The van der Waals surface area contributed by atoms with Crippen molar-refractivity contribution < 1.29 is 4.79 Å². The van der Waals surface area contributed by atoms with E-state index in [1.165, 1.54) is 0 Å². The Balaban J connectivity index is 1.98. The molecule has 5 heteroatoms. The van der Waals surface area contributed by atoms with Gasteiger partial charge in [-0.15, -0.1) is 0 Å². The van der Waals surface area contributed by atoms with Crippen molar-refractivity contribution in [2.75, 3.05) is 26.7 Å². The summed E-state index contributed by atoms with van der Waals surface area (Å²) in [5.74, 6) is 0.185. The maximum atomic E-state index is 11.6. The normalized spacial score (nSPS) is 17.5. The molecule has 1 amide bonds. The van der Waals surface area contributed by atoms with E-state index >= 15 is 0 Å².